The first kappa shape index (κ1) is 43.8. The van der Waals surface area contributed by atoms with Gasteiger partial charge in [-0.2, -0.15) is 12.6 Å². The minimum absolute atomic E-state index is 0.198. The van der Waals surface area contributed by atoms with Crippen LogP contribution < -0.4 is 37.2 Å². The van der Waals surface area contributed by atoms with Crippen LogP contribution >= 0.6 is 12.6 Å². The number of carbonyl (C=O) groups is 9. The van der Waals surface area contributed by atoms with Crippen molar-refractivity contribution in [3.05, 3.63) is 18.2 Å². The van der Waals surface area contributed by atoms with Crippen LogP contribution in [-0.2, 0) is 49.6 Å². The molecule has 0 radical (unpaired) electrons. The van der Waals surface area contributed by atoms with Crippen molar-refractivity contribution in [2.24, 2.45) is 0 Å². The van der Waals surface area contributed by atoms with Crippen molar-refractivity contribution in [2.45, 2.75) is 102 Å². The predicted molar refractivity (Wildman–Crippen MR) is 179 cm³/mol. The van der Waals surface area contributed by atoms with Crippen molar-refractivity contribution in [2.75, 3.05) is 5.75 Å². The van der Waals surface area contributed by atoms with Gasteiger partial charge in [0.05, 0.1) is 18.1 Å². The molecule has 0 saturated carbocycles. The number of aliphatic carboxylic acids is 2. The molecule has 0 bridgehead atoms. The Labute approximate surface area is 297 Å². The summed E-state index contributed by atoms with van der Waals surface area (Å²) in [6, 6.07) is -9.47. The minimum atomic E-state index is -1.67. The third-order valence-corrected chi connectivity index (χ3v) is 7.42. The number of carboxylic acids is 2. The number of amides is 7. The number of hydrogen-bond acceptors (Lipinski definition) is 12. The molecule has 0 aliphatic heterocycles. The largest absolute Gasteiger partial charge is 0.481 e. The van der Waals surface area contributed by atoms with E-state index >= 15 is 0 Å². The first-order valence-corrected chi connectivity index (χ1v) is 16.2. The van der Waals surface area contributed by atoms with Crippen LogP contribution in [0, 0.1) is 0 Å². The average Bonchev–Trinajstić information content (AvgIpc) is 3.56. The lowest BCUT2D eigenvalue weighted by Crippen LogP contribution is -2.61. The standard InChI is InChI=1S/C29H45N9O12S/c1-12(23(43)33-14(3)25(45)37-20(10-51)29(49)50)32-24(44)13(2)34-28(48)22(15(4)39)38-27(47)19(8-17-9-30-11-31-17)36-26(46)18(35-16(5)40)6-7-21(41)42/h9,11-15,18-20,22,39,51H,6-8,10H2,1-5H3,(H,30,31)(H,32,44)(H,33,43)(H,34,48)(H,35,40)(H,36,46)(H,37,45)(H,38,47)(H,41,42)(H,49,50)/t12-,13-,14-,15+,18-,19-,20-,22-/m0/s1. The average molecular weight is 744 g/mol. The van der Waals surface area contributed by atoms with E-state index in [9.17, 15) is 48.3 Å². The van der Waals surface area contributed by atoms with Gasteiger partial charge in [-0.25, -0.2) is 9.78 Å². The molecule has 0 fully saturated rings. The number of carbonyl (C=O) groups excluding carboxylic acids is 7. The lowest BCUT2D eigenvalue weighted by atomic mass is 10.1. The minimum Gasteiger partial charge on any atom is -0.481 e. The Bertz CT molecular complexity index is 1430. The molecule has 1 rings (SSSR count). The molecule has 1 aromatic heterocycles. The van der Waals surface area contributed by atoms with Gasteiger partial charge in [0.25, 0.3) is 0 Å². The number of aromatic nitrogens is 2. The van der Waals surface area contributed by atoms with E-state index in [0.29, 0.717) is 5.69 Å². The second kappa shape index (κ2) is 21.1. The second-order valence-electron chi connectivity index (χ2n) is 11.5. The summed E-state index contributed by atoms with van der Waals surface area (Å²) in [5.41, 5.74) is 0.302. The number of aliphatic hydroxyl groups is 1. The number of H-pyrrole nitrogens is 1. The maximum Gasteiger partial charge on any atom is 0.327 e. The molecule has 1 aromatic rings. The van der Waals surface area contributed by atoms with Gasteiger partial charge in [0.2, 0.25) is 41.4 Å². The van der Waals surface area contributed by atoms with Gasteiger partial charge in [-0.05, 0) is 34.1 Å². The second-order valence-corrected chi connectivity index (χ2v) is 11.9. The van der Waals surface area contributed by atoms with Gasteiger partial charge in [0, 0.05) is 31.7 Å². The lowest BCUT2D eigenvalue weighted by molar-refractivity contribution is -0.141. The first-order chi connectivity index (χ1) is 23.8. The van der Waals surface area contributed by atoms with Crippen LogP contribution in [0.25, 0.3) is 0 Å². The molecule has 51 heavy (non-hydrogen) atoms. The highest BCUT2D eigenvalue weighted by Gasteiger charge is 2.34. The van der Waals surface area contributed by atoms with Gasteiger partial charge in [-0.1, -0.05) is 0 Å². The summed E-state index contributed by atoms with van der Waals surface area (Å²) in [4.78, 5) is 118. The summed E-state index contributed by atoms with van der Waals surface area (Å²) >= 11 is 3.84. The zero-order valence-corrected chi connectivity index (χ0v) is 29.4. The van der Waals surface area contributed by atoms with E-state index in [0.717, 1.165) is 6.92 Å². The molecule has 0 aromatic carbocycles. The van der Waals surface area contributed by atoms with Crippen LogP contribution in [0.4, 0.5) is 0 Å². The molecule has 22 heteroatoms. The fourth-order valence-electron chi connectivity index (χ4n) is 4.19. The number of carboxylic acid groups (broad SMARTS) is 2. The van der Waals surface area contributed by atoms with Gasteiger partial charge >= 0.3 is 11.9 Å². The van der Waals surface area contributed by atoms with E-state index in [1.165, 1.54) is 40.2 Å². The van der Waals surface area contributed by atoms with Crippen molar-refractivity contribution in [3.63, 3.8) is 0 Å². The number of hydrogen-bond donors (Lipinski definition) is 12. The maximum atomic E-state index is 13.4. The summed E-state index contributed by atoms with van der Waals surface area (Å²) in [7, 11) is 0. The predicted octanol–water partition coefficient (Wildman–Crippen LogP) is -4.31. The molecule has 0 saturated heterocycles. The fourth-order valence-corrected chi connectivity index (χ4v) is 4.44. The van der Waals surface area contributed by atoms with Crippen LogP contribution in [0.3, 0.4) is 0 Å². The van der Waals surface area contributed by atoms with Crippen molar-refractivity contribution < 1.29 is 58.5 Å². The van der Waals surface area contributed by atoms with Gasteiger partial charge in [-0.3, -0.25) is 38.4 Å². The van der Waals surface area contributed by atoms with Gasteiger partial charge in [0.1, 0.15) is 42.3 Å². The smallest absolute Gasteiger partial charge is 0.327 e. The summed E-state index contributed by atoms with van der Waals surface area (Å²) in [5, 5.41) is 44.7. The Hall–Kier alpha value is -5.25. The molecule has 8 atom stereocenters. The Morgan fingerprint density at radius 2 is 1.20 bits per heavy atom. The molecular weight excluding hydrogens is 698 g/mol. The molecule has 0 unspecified atom stereocenters. The Kier molecular flexibility index (Phi) is 18.1. The van der Waals surface area contributed by atoms with Crippen molar-refractivity contribution in [1.82, 2.24) is 47.2 Å². The number of rotatable bonds is 21. The highest BCUT2D eigenvalue weighted by molar-refractivity contribution is 7.80. The highest BCUT2D eigenvalue weighted by atomic mass is 32.1. The Morgan fingerprint density at radius 1 is 0.706 bits per heavy atom. The summed E-state index contributed by atoms with van der Waals surface area (Å²) < 4.78 is 0. The van der Waals surface area contributed by atoms with Crippen molar-refractivity contribution in [1.29, 1.82) is 0 Å². The van der Waals surface area contributed by atoms with Crippen molar-refractivity contribution >= 4 is 65.9 Å². The molecule has 11 N–H and O–H groups in total. The van der Waals surface area contributed by atoms with Gasteiger partial charge in [0.15, 0.2) is 0 Å². The highest BCUT2D eigenvalue weighted by Crippen LogP contribution is 2.05. The summed E-state index contributed by atoms with van der Waals surface area (Å²) in [5.74, 6) is -8.78. The maximum absolute atomic E-state index is 13.4. The SMILES string of the molecule is CC(=O)N[C@@H](CCC(=O)O)C(=O)N[C@@H](Cc1c[nH]cn1)C(=O)N[C@H](C(=O)N[C@@H](C)C(=O)N[C@@H](C)C(=O)N[C@@H](C)C(=O)N[C@@H](CS)C(=O)O)[C@@H](C)O. The number of nitrogens with zero attached hydrogens (tertiary/aromatic N) is 1. The van der Waals surface area contributed by atoms with Crippen LogP contribution in [0.15, 0.2) is 12.5 Å². The monoisotopic (exact) mass is 743 g/mol. The topological polar surface area (TPSA) is 327 Å². The molecule has 1 heterocycles. The Morgan fingerprint density at radius 3 is 1.63 bits per heavy atom. The van der Waals surface area contributed by atoms with E-state index in [-0.39, 0.29) is 18.6 Å². The van der Waals surface area contributed by atoms with Crippen LogP contribution in [-0.4, -0.2) is 133 Å². The third kappa shape index (κ3) is 15.5. The summed E-state index contributed by atoms with van der Waals surface area (Å²) in [6.45, 7) is 6.11. The fraction of sp³-hybridized carbons (Fsp3) is 0.586. The molecule has 0 aliphatic rings. The van der Waals surface area contributed by atoms with E-state index in [4.69, 9.17) is 10.2 Å². The molecule has 284 valence electrons. The van der Waals surface area contributed by atoms with Crippen LogP contribution in [0.5, 0.6) is 0 Å². The third-order valence-electron chi connectivity index (χ3n) is 7.06. The quantitative estimate of drug-likeness (QED) is 0.0531. The zero-order chi connectivity index (χ0) is 39.0. The Balaban J connectivity index is 2.96. The molecular formula is C29H45N9O12S. The number of thiol groups is 1. The number of imidazole rings is 1. The van der Waals surface area contributed by atoms with Gasteiger partial charge < -0.3 is 57.5 Å². The van der Waals surface area contributed by atoms with Crippen molar-refractivity contribution in [3.8, 4) is 0 Å². The van der Waals surface area contributed by atoms with E-state index in [2.05, 4.69) is 59.8 Å². The number of aromatic amines is 1. The zero-order valence-electron chi connectivity index (χ0n) is 28.5. The molecule has 0 spiro atoms. The molecule has 0 aliphatic carbocycles. The summed E-state index contributed by atoms with van der Waals surface area (Å²) in [6.07, 6.45) is 0.200. The van der Waals surface area contributed by atoms with E-state index in [1.54, 1.807) is 0 Å². The normalized spacial score (nSPS) is 15.5. The molecule has 7 amide bonds. The van der Waals surface area contributed by atoms with Gasteiger partial charge in [-0.15, -0.1) is 0 Å². The number of aliphatic hydroxyl groups excluding tert-OH is 1. The van der Waals surface area contributed by atoms with E-state index in [1.807, 2.05) is 0 Å². The van der Waals surface area contributed by atoms with E-state index < -0.39 is 108 Å². The first-order valence-electron chi connectivity index (χ1n) is 15.6. The van der Waals surface area contributed by atoms with Crippen LogP contribution in [0.1, 0.15) is 53.2 Å². The number of nitrogens with one attached hydrogen (secondary N) is 8. The van der Waals surface area contributed by atoms with Crippen LogP contribution in [0.2, 0.25) is 0 Å². The lowest BCUT2D eigenvalue weighted by Gasteiger charge is -2.27. The molecule has 21 nitrogen and oxygen atoms in total.